The maximum absolute atomic E-state index is 13.1. The first-order valence-electron chi connectivity index (χ1n) is 13.4. The molecule has 1 N–H and O–H groups in total. The number of fused-ring (bicyclic) bond motifs is 3. The Hall–Kier alpha value is -3.38. The second-order valence-electron chi connectivity index (χ2n) is 10.9. The van der Waals surface area contributed by atoms with Crippen LogP contribution < -0.4 is 5.63 Å². The van der Waals surface area contributed by atoms with E-state index in [0.717, 1.165) is 58.9 Å². The van der Waals surface area contributed by atoms with Crippen LogP contribution in [0, 0.1) is 19.8 Å². The molecule has 4 aromatic rings. The van der Waals surface area contributed by atoms with E-state index in [-0.39, 0.29) is 18.2 Å². The molecule has 3 heterocycles. The number of hydrogen-bond acceptors (Lipinski definition) is 5. The van der Waals surface area contributed by atoms with E-state index in [9.17, 15) is 14.7 Å². The number of carbonyl (C=O) groups is 1. The zero-order chi connectivity index (χ0) is 25.7. The molecule has 6 heteroatoms. The highest BCUT2D eigenvalue weighted by Crippen LogP contribution is 2.40. The fourth-order valence-electron chi connectivity index (χ4n) is 6.54. The van der Waals surface area contributed by atoms with Crippen LogP contribution in [0.3, 0.4) is 0 Å². The Bertz CT molecular complexity index is 1550. The average molecular weight is 500 g/mol. The minimum absolute atomic E-state index is 0.0406. The lowest BCUT2D eigenvalue weighted by Crippen LogP contribution is -2.54. The van der Waals surface area contributed by atoms with E-state index in [4.69, 9.17) is 8.83 Å². The van der Waals surface area contributed by atoms with Gasteiger partial charge in [-0.05, 0) is 56.7 Å². The number of likely N-dealkylation sites (tertiary alicyclic amines) is 1. The molecule has 0 unspecified atom stereocenters. The number of benzene rings is 2. The summed E-state index contributed by atoms with van der Waals surface area (Å²) in [7, 11) is 0. The molecule has 1 aliphatic carbocycles. The van der Waals surface area contributed by atoms with Crippen LogP contribution in [0.25, 0.3) is 33.1 Å². The molecular formula is C31H33NO5. The van der Waals surface area contributed by atoms with Crippen LogP contribution in [0.1, 0.15) is 55.4 Å². The SMILES string of the molecule is Cc1oc2cc3oc(=O)c(CCC(=O)N4CC[C@]5(O)CCCC[C@H]5C4)c(C)c3cc2c1-c1ccccc1. The van der Waals surface area contributed by atoms with Crippen LogP contribution in [0.2, 0.25) is 0 Å². The highest BCUT2D eigenvalue weighted by atomic mass is 16.4. The van der Waals surface area contributed by atoms with Crippen molar-refractivity contribution in [3.05, 3.63) is 69.8 Å². The molecule has 2 aromatic heterocycles. The van der Waals surface area contributed by atoms with Gasteiger partial charge in [-0.25, -0.2) is 4.79 Å². The van der Waals surface area contributed by atoms with Crippen molar-refractivity contribution in [2.45, 2.75) is 64.4 Å². The molecule has 6 nitrogen and oxygen atoms in total. The number of aliphatic hydroxyl groups is 1. The molecule has 1 amide bonds. The van der Waals surface area contributed by atoms with Gasteiger partial charge < -0.3 is 18.8 Å². The summed E-state index contributed by atoms with van der Waals surface area (Å²) in [6.45, 7) is 5.07. The van der Waals surface area contributed by atoms with E-state index in [1.165, 1.54) is 0 Å². The first kappa shape index (κ1) is 24.0. The standard InChI is InChI=1S/C31H33NO5/c1-19-23(11-12-28(33)32-15-14-31(35)13-7-6-10-22(31)18-32)30(34)37-26-17-27-25(16-24(19)26)29(20(2)36-27)21-8-4-3-5-9-21/h3-5,8-9,16-17,22,35H,6-7,10-15,18H2,1-2H3/t22-,31+/m0/s1. The second kappa shape index (κ2) is 9.18. The lowest BCUT2D eigenvalue weighted by atomic mass is 9.71. The molecule has 0 spiro atoms. The zero-order valence-electron chi connectivity index (χ0n) is 21.5. The molecule has 37 heavy (non-hydrogen) atoms. The number of rotatable bonds is 4. The summed E-state index contributed by atoms with van der Waals surface area (Å²) in [5.74, 6) is 1.01. The maximum Gasteiger partial charge on any atom is 0.339 e. The predicted molar refractivity (Wildman–Crippen MR) is 144 cm³/mol. The number of carbonyl (C=O) groups excluding carboxylic acids is 1. The number of piperidine rings is 1. The molecule has 0 bridgehead atoms. The van der Waals surface area contributed by atoms with Crippen LogP contribution in [0.4, 0.5) is 0 Å². The molecule has 0 radical (unpaired) electrons. The Morgan fingerprint density at radius 3 is 2.65 bits per heavy atom. The Balaban J connectivity index is 1.28. The fourth-order valence-corrected chi connectivity index (χ4v) is 6.54. The lowest BCUT2D eigenvalue weighted by Gasteiger charge is -2.47. The highest BCUT2D eigenvalue weighted by Gasteiger charge is 2.43. The van der Waals surface area contributed by atoms with Gasteiger partial charge >= 0.3 is 5.63 Å². The van der Waals surface area contributed by atoms with E-state index >= 15 is 0 Å². The Kier molecular flexibility index (Phi) is 5.95. The quantitative estimate of drug-likeness (QED) is 0.353. The van der Waals surface area contributed by atoms with Crippen molar-refractivity contribution in [3.63, 3.8) is 0 Å². The summed E-state index contributed by atoms with van der Waals surface area (Å²) < 4.78 is 11.8. The van der Waals surface area contributed by atoms with Crippen molar-refractivity contribution in [2.75, 3.05) is 13.1 Å². The molecule has 2 aromatic carbocycles. The van der Waals surface area contributed by atoms with E-state index in [2.05, 4.69) is 12.1 Å². The van der Waals surface area contributed by atoms with E-state index in [1.54, 1.807) is 6.07 Å². The molecule has 2 fully saturated rings. The van der Waals surface area contributed by atoms with Gasteiger partial charge in [0.1, 0.15) is 16.9 Å². The van der Waals surface area contributed by atoms with Crippen LogP contribution >= 0.6 is 0 Å². The largest absolute Gasteiger partial charge is 0.461 e. The normalized spacial score (nSPS) is 21.9. The topological polar surface area (TPSA) is 83.9 Å². The van der Waals surface area contributed by atoms with Gasteiger partial charge in [-0.3, -0.25) is 4.79 Å². The molecular weight excluding hydrogens is 466 g/mol. The van der Waals surface area contributed by atoms with Gasteiger partial charge in [-0.2, -0.15) is 0 Å². The van der Waals surface area contributed by atoms with Gasteiger partial charge in [0.2, 0.25) is 5.91 Å². The summed E-state index contributed by atoms with van der Waals surface area (Å²) in [4.78, 5) is 27.9. The molecule has 1 aliphatic heterocycles. The molecule has 1 saturated carbocycles. The summed E-state index contributed by atoms with van der Waals surface area (Å²) in [5.41, 5.74) is 3.67. The minimum Gasteiger partial charge on any atom is -0.461 e. The van der Waals surface area contributed by atoms with Crippen molar-refractivity contribution in [2.24, 2.45) is 5.92 Å². The predicted octanol–water partition coefficient (Wildman–Crippen LogP) is 5.91. The number of nitrogens with zero attached hydrogens (tertiary/aromatic N) is 1. The molecule has 1 saturated heterocycles. The number of furan rings is 1. The third kappa shape index (κ3) is 4.17. The van der Waals surface area contributed by atoms with Crippen molar-refractivity contribution in [1.82, 2.24) is 4.90 Å². The number of hydrogen-bond donors (Lipinski definition) is 1. The summed E-state index contributed by atoms with van der Waals surface area (Å²) in [6, 6.07) is 14.0. The fraction of sp³-hybridized carbons (Fsp3) is 0.419. The molecule has 2 aliphatic rings. The second-order valence-corrected chi connectivity index (χ2v) is 10.9. The van der Waals surface area contributed by atoms with E-state index in [0.29, 0.717) is 42.7 Å². The molecule has 192 valence electrons. The van der Waals surface area contributed by atoms with Crippen LogP contribution in [-0.4, -0.2) is 34.6 Å². The van der Waals surface area contributed by atoms with Crippen molar-refractivity contribution < 1.29 is 18.7 Å². The van der Waals surface area contributed by atoms with Crippen molar-refractivity contribution in [1.29, 1.82) is 0 Å². The number of aryl methyl sites for hydroxylation is 2. The Morgan fingerprint density at radius 1 is 1.05 bits per heavy atom. The zero-order valence-corrected chi connectivity index (χ0v) is 21.5. The first-order valence-corrected chi connectivity index (χ1v) is 13.4. The van der Waals surface area contributed by atoms with Gasteiger partial charge in [0, 0.05) is 53.4 Å². The summed E-state index contributed by atoms with van der Waals surface area (Å²) >= 11 is 0. The average Bonchev–Trinajstić information content (AvgIpc) is 3.21. The lowest BCUT2D eigenvalue weighted by molar-refractivity contribution is -0.143. The highest BCUT2D eigenvalue weighted by molar-refractivity contribution is 6.03. The van der Waals surface area contributed by atoms with Crippen LogP contribution in [-0.2, 0) is 11.2 Å². The summed E-state index contributed by atoms with van der Waals surface area (Å²) in [5, 5.41) is 12.8. The third-order valence-corrected chi connectivity index (χ3v) is 8.70. The number of amides is 1. The van der Waals surface area contributed by atoms with E-state index < -0.39 is 11.2 Å². The molecule has 2 atom stereocenters. The van der Waals surface area contributed by atoms with Crippen LogP contribution in [0.15, 0.2) is 56.1 Å². The third-order valence-electron chi connectivity index (χ3n) is 8.70. The van der Waals surface area contributed by atoms with Gasteiger partial charge in [-0.1, -0.05) is 43.2 Å². The van der Waals surface area contributed by atoms with Gasteiger partial charge in [0.15, 0.2) is 0 Å². The van der Waals surface area contributed by atoms with Gasteiger partial charge in [0.25, 0.3) is 0 Å². The monoisotopic (exact) mass is 499 g/mol. The first-order chi connectivity index (χ1) is 17.8. The van der Waals surface area contributed by atoms with Crippen LogP contribution in [0.5, 0.6) is 0 Å². The Labute approximate surface area is 215 Å². The van der Waals surface area contributed by atoms with Crippen molar-refractivity contribution in [3.8, 4) is 11.1 Å². The Morgan fingerprint density at radius 2 is 1.84 bits per heavy atom. The van der Waals surface area contributed by atoms with Crippen molar-refractivity contribution >= 4 is 27.8 Å². The molecule has 6 rings (SSSR count). The summed E-state index contributed by atoms with van der Waals surface area (Å²) in [6.07, 6.45) is 5.22. The smallest absolute Gasteiger partial charge is 0.339 e. The van der Waals surface area contributed by atoms with Gasteiger partial charge in [0.05, 0.1) is 5.60 Å². The van der Waals surface area contributed by atoms with Gasteiger partial charge in [-0.15, -0.1) is 0 Å². The minimum atomic E-state index is -0.611. The van der Waals surface area contributed by atoms with E-state index in [1.807, 2.05) is 43.0 Å². The maximum atomic E-state index is 13.1.